The molecule has 2 heterocycles. The van der Waals surface area contributed by atoms with Crippen molar-refractivity contribution in [3.63, 3.8) is 0 Å². The van der Waals surface area contributed by atoms with E-state index in [0.29, 0.717) is 55.8 Å². The Hall–Kier alpha value is -6.18. The minimum atomic E-state index is -0.170. The van der Waals surface area contributed by atoms with E-state index in [1.807, 2.05) is 116 Å². The zero-order valence-corrected chi connectivity index (χ0v) is 30.2. The van der Waals surface area contributed by atoms with Crippen molar-refractivity contribution >= 4 is 11.9 Å². The third-order valence-corrected chi connectivity index (χ3v) is 8.79. The second-order valence-electron chi connectivity index (χ2n) is 12.9. The predicted molar refractivity (Wildman–Crippen MR) is 202 cm³/mol. The molecule has 1 aromatic heterocycles. The van der Waals surface area contributed by atoms with Gasteiger partial charge >= 0.3 is 6.03 Å². The van der Waals surface area contributed by atoms with Crippen LogP contribution in [0.1, 0.15) is 63.8 Å². The van der Waals surface area contributed by atoms with E-state index in [1.165, 1.54) is 6.33 Å². The average Bonchev–Trinajstić information content (AvgIpc) is 3.52. The van der Waals surface area contributed by atoms with Crippen molar-refractivity contribution in [2.75, 3.05) is 26.8 Å². The van der Waals surface area contributed by atoms with Crippen molar-refractivity contribution in [2.24, 2.45) is 0 Å². The van der Waals surface area contributed by atoms with Gasteiger partial charge in [0.25, 0.3) is 11.8 Å². The first-order valence-corrected chi connectivity index (χ1v) is 17.6. The smallest absolute Gasteiger partial charge is 0.321 e. The van der Waals surface area contributed by atoms with Gasteiger partial charge in [0.15, 0.2) is 0 Å². The maximum absolute atomic E-state index is 14.0. The van der Waals surface area contributed by atoms with Gasteiger partial charge in [-0.25, -0.2) is 9.78 Å². The van der Waals surface area contributed by atoms with E-state index in [2.05, 4.69) is 27.1 Å². The van der Waals surface area contributed by atoms with Gasteiger partial charge in [0.05, 0.1) is 19.2 Å². The molecule has 53 heavy (non-hydrogen) atoms. The summed E-state index contributed by atoms with van der Waals surface area (Å²) in [7, 11) is 1.60. The van der Waals surface area contributed by atoms with Crippen LogP contribution in [0.2, 0.25) is 0 Å². The van der Waals surface area contributed by atoms with Crippen molar-refractivity contribution < 1.29 is 23.8 Å². The zero-order valence-electron chi connectivity index (χ0n) is 30.2. The molecule has 0 saturated carbocycles. The Labute approximate surface area is 310 Å². The van der Waals surface area contributed by atoms with Crippen LogP contribution in [-0.2, 0) is 24.5 Å². The van der Waals surface area contributed by atoms with Crippen LogP contribution < -0.4 is 14.8 Å². The molecule has 0 bridgehead atoms. The molecule has 0 spiro atoms. The molecule has 0 aliphatic carbocycles. The Balaban J connectivity index is 1.17. The largest absolute Gasteiger partial charge is 0.482 e. The highest BCUT2D eigenvalue weighted by Gasteiger charge is 2.40. The second-order valence-corrected chi connectivity index (χ2v) is 12.9. The van der Waals surface area contributed by atoms with E-state index in [-0.39, 0.29) is 30.6 Å². The third kappa shape index (κ3) is 9.58. The summed E-state index contributed by atoms with van der Waals surface area (Å²) in [6.07, 6.45) is 1.46. The highest BCUT2D eigenvalue weighted by Crippen LogP contribution is 2.35. The molecule has 1 unspecified atom stereocenters. The van der Waals surface area contributed by atoms with E-state index in [1.54, 1.807) is 24.1 Å². The summed E-state index contributed by atoms with van der Waals surface area (Å²) < 4.78 is 17.5. The number of amides is 3. The summed E-state index contributed by atoms with van der Waals surface area (Å²) in [5.41, 5.74) is 5.79. The minimum Gasteiger partial charge on any atom is -0.482 e. The molecular formula is C43H43N5O5. The number of hydrogen-bond acceptors (Lipinski definition) is 7. The number of hydrogen-bond donors (Lipinski definition) is 1. The quantitative estimate of drug-likeness (QED) is 0.0999. The summed E-state index contributed by atoms with van der Waals surface area (Å²) in [6.45, 7) is 6.26. The predicted octanol–water partition coefficient (Wildman–Crippen LogP) is 6.80. The number of aromatic nitrogens is 2. The van der Waals surface area contributed by atoms with Gasteiger partial charge in [-0.05, 0) is 66.9 Å². The first kappa shape index (κ1) is 36.6. The monoisotopic (exact) mass is 709 g/mol. The molecule has 10 nitrogen and oxygen atoms in total. The summed E-state index contributed by atoms with van der Waals surface area (Å²) in [5.74, 6) is 6.99. The molecule has 1 N–H and O–H groups in total. The maximum atomic E-state index is 14.0. The lowest BCUT2D eigenvalue weighted by molar-refractivity contribution is 0.0937. The van der Waals surface area contributed by atoms with Crippen molar-refractivity contribution in [1.82, 2.24) is 25.1 Å². The van der Waals surface area contributed by atoms with E-state index >= 15 is 0 Å². The molecule has 4 aromatic carbocycles. The summed E-state index contributed by atoms with van der Waals surface area (Å²) in [4.78, 5) is 39.0. The molecular weight excluding hydrogens is 667 g/mol. The van der Waals surface area contributed by atoms with Crippen LogP contribution >= 0.6 is 0 Å². The number of nitrogens with one attached hydrogen (secondary N) is 1. The SMILES string of the molecule is COCCNC(=O)c1ccc(C#Cc2ccc(C3CN(Cc4ncnc(OCc5ccccc5)c4OCc4ccccc4)C(=O)N3C(C)C)cc2)cc1. The molecule has 270 valence electrons. The average molecular weight is 710 g/mol. The van der Waals surface area contributed by atoms with Crippen LogP contribution in [0, 0.1) is 11.8 Å². The number of carbonyl (C=O) groups excluding carboxylic acids is 2. The van der Waals surface area contributed by atoms with Gasteiger partial charge in [0.2, 0.25) is 5.75 Å². The molecule has 5 aromatic rings. The number of carbonyl (C=O) groups is 2. The fourth-order valence-corrected chi connectivity index (χ4v) is 6.05. The summed E-state index contributed by atoms with van der Waals surface area (Å²) in [5, 5.41) is 2.81. The van der Waals surface area contributed by atoms with Crippen LogP contribution in [0.15, 0.2) is 116 Å². The van der Waals surface area contributed by atoms with E-state index in [9.17, 15) is 9.59 Å². The van der Waals surface area contributed by atoms with E-state index in [4.69, 9.17) is 14.2 Å². The second kappa shape index (κ2) is 17.8. The number of ether oxygens (including phenoxy) is 3. The molecule has 10 heteroatoms. The first-order chi connectivity index (χ1) is 25.9. The highest BCUT2D eigenvalue weighted by molar-refractivity contribution is 5.94. The van der Waals surface area contributed by atoms with Gasteiger partial charge in [-0.15, -0.1) is 0 Å². The Morgan fingerprint density at radius 2 is 1.43 bits per heavy atom. The Kier molecular flexibility index (Phi) is 12.3. The molecule has 0 radical (unpaired) electrons. The topological polar surface area (TPSA) is 106 Å². The van der Waals surface area contributed by atoms with Crippen molar-refractivity contribution in [3.05, 3.63) is 155 Å². The lowest BCUT2D eigenvalue weighted by Gasteiger charge is -2.27. The highest BCUT2D eigenvalue weighted by atomic mass is 16.5. The molecule has 1 atom stereocenters. The van der Waals surface area contributed by atoms with Crippen LogP contribution in [-0.4, -0.2) is 64.6 Å². The minimum absolute atomic E-state index is 0.0361. The van der Waals surface area contributed by atoms with Gasteiger partial charge in [-0.3, -0.25) is 4.79 Å². The lowest BCUT2D eigenvalue weighted by atomic mass is 10.0. The normalized spacial score (nSPS) is 13.8. The first-order valence-electron chi connectivity index (χ1n) is 17.6. The molecule has 1 aliphatic rings. The standard InChI is InChI=1S/C43H43N5O5/c1-31(2)48-39(36-20-16-32(17-21-36)14-15-33-18-22-37(23-19-33)41(49)44-24-25-51-3)27-47(43(48)50)26-38-40(52-28-34-10-6-4-7-11-34)42(46-30-45-38)53-29-35-12-8-5-9-13-35/h4-13,16-23,30-31,39H,24-29H2,1-3H3,(H,44,49). The Morgan fingerprint density at radius 3 is 2.04 bits per heavy atom. The van der Waals surface area contributed by atoms with Crippen molar-refractivity contribution in [1.29, 1.82) is 0 Å². The van der Waals surface area contributed by atoms with Crippen LogP contribution in [0.5, 0.6) is 11.6 Å². The molecule has 1 aliphatic heterocycles. The van der Waals surface area contributed by atoms with Crippen LogP contribution in [0.25, 0.3) is 0 Å². The molecule has 6 rings (SSSR count). The van der Waals surface area contributed by atoms with Gasteiger partial charge < -0.3 is 29.3 Å². The van der Waals surface area contributed by atoms with Crippen LogP contribution in [0.3, 0.4) is 0 Å². The zero-order chi connectivity index (χ0) is 37.0. The van der Waals surface area contributed by atoms with E-state index in [0.717, 1.165) is 27.8 Å². The van der Waals surface area contributed by atoms with Gasteiger partial charge in [-0.1, -0.05) is 84.6 Å². The fourth-order valence-electron chi connectivity index (χ4n) is 6.05. The van der Waals surface area contributed by atoms with Crippen LogP contribution in [0.4, 0.5) is 4.79 Å². The van der Waals surface area contributed by atoms with Gasteiger partial charge in [0, 0.05) is 42.9 Å². The number of rotatable bonds is 14. The maximum Gasteiger partial charge on any atom is 0.321 e. The van der Waals surface area contributed by atoms with Crippen molar-refractivity contribution in [3.8, 4) is 23.5 Å². The summed E-state index contributed by atoms with van der Waals surface area (Å²) in [6, 6.07) is 34.6. The Bertz CT molecular complexity index is 2030. The number of nitrogens with zero attached hydrogens (tertiary/aromatic N) is 4. The molecule has 1 saturated heterocycles. The lowest BCUT2D eigenvalue weighted by Crippen LogP contribution is -2.37. The number of benzene rings is 4. The Morgan fingerprint density at radius 1 is 0.830 bits per heavy atom. The number of methoxy groups -OCH3 is 1. The molecule has 3 amide bonds. The number of urea groups is 1. The van der Waals surface area contributed by atoms with Gasteiger partial charge in [0.1, 0.15) is 25.2 Å². The summed E-state index contributed by atoms with van der Waals surface area (Å²) >= 11 is 0. The molecule has 1 fully saturated rings. The van der Waals surface area contributed by atoms with E-state index < -0.39 is 0 Å². The fraction of sp³-hybridized carbons (Fsp3) is 0.256. The van der Waals surface area contributed by atoms with Gasteiger partial charge in [-0.2, -0.15) is 4.98 Å². The third-order valence-electron chi connectivity index (χ3n) is 8.79. The van der Waals surface area contributed by atoms with Crippen molar-refractivity contribution in [2.45, 2.75) is 45.7 Å².